The van der Waals surface area contributed by atoms with Gasteiger partial charge in [0.15, 0.2) is 0 Å². The quantitative estimate of drug-likeness (QED) is 0.500. The van der Waals surface area contributed by atoms with Gasteiger partial charge >= 0.3 is 0 Å². The zero-order chi connectivity index (χ0) is 18.4. The van der Waals surface area contributed by atoms with E-state index in [-0.39, 0.29) is 5.57 Å². The number of H-pyrrole nitrogens is 1. The minimum atomic E-state index is -0.445. The number of rotatable bonds is 5. The highest BCUT2D eigenvalue weighted by Crippen LogP contribution is 2.24. The fourth-order valence-corrected chi connectivity index (χ4v) is 2.60. The first kappa shape index (κ1) is 17.6. The standard InChI is InChI=1S/C19H14BrN5O/c20-17-5-3-14(4-6-17)18-16(12-24-25-18)8-15(9-21)19(26)23-11-13-2-1-7-22-10-13/h1-8,10,12H,11H2,(H,23,26)(H,24,25). The molecule has 2 aromatic heterocycles. The van der Waals surface area contributed by atoms with Crippen LogP contribution in [0, 0.1) is 11.3 Å². The molecule has 128 valence electrons. The highest BCUT2D eigenvalue weighted by molar-refractivity contribution is 9.10. The molecule has 0 atom stereocenters. The first-order valence-electron chi connectivity index (χ1n) is 7.75. The summed E-state index contributed by atoms with van der Waals surface area (Å²) in [7, 11) is 0. The summed E-state index contributed by atoms with van der Waals surface area (Å²) in [5.41, 5.74) is 3.18. The number of carbonyl (C=O) groups is 1. The van der Waals surface area contributed by atoms with Crippen molar-refractivity contribution in [1.82, 2.24) is 20.5 Å². The minimum absolute atomic E-state index is 0.00801. The Balaban J connectivity index is 1.79. The summed E-state index contributed by atoms with van der Waals surface area (Å²) < 4.78 is 0.963. The molecule has 1 amide bonds. The Morgan fingerprint density at radius 2 is 2.08 bits per heavy atom. The second-order valence-electron chi connectivity index (χ2n) is 5.42. The van der Waals surface area contributed by atoms with Crippen molar-refractivity contribution in [3.05, 3.63) is 76.2 Å². The second-order valence-corrected chi connectivity index (χ2v) is 6.34. The number of hydrogen-bond acceptors (Lipinski definition) is 4. The minimum Gasteiger partial charge on any atom is -0.347 e. The van der Waals surface area contributed by atoms with Crippen LogP contribution < -0.4 is 5.32 Å². The van der Waals surface area contributed by atoms with E-state index in [0.29, 0.717) is 12.1 Å². The average molecular weight is 408 g/mol. The zero-order valence-corrected chi connectivity index (χ0v) is 15.2. The van der Waals surface area contributed by atoms with Gasteiger partial charge in [-0.2, -0.15) is 10.4 Å². The summed E-state index contributed by atoms with van der Waals surface area (Å²) in [6.45, 7) is 0.302. The van der Waals surface area contributed by atoms with Crippen molar-refractivity contribution < 1.29 is 4.79 Å². The van der Waals surface area contributed by atoms with Crippen molar-refractivity contribution in [2.75, 3.05) is 0 Å². The van der Waals surface area contributed by atoms with Crippen LogP contribution in [0.5, 0.6) is 0 Å². The number of nitrogens with zero attached hydrogens (tertiary/aromatic N) is 3. The van der Waals surface area contributed by atoms with Crippen molar-refractivity contribution in [3.8, 4) is 17.3 Å². The molecule has 2 heterocycles. The molecule has 0 fully saturated rings. The number of halogens is 1. The Kier molecular flexibility index (Phi) is 5.56. The average Bonchev–Trinajstić information content (AvgIpc) is 3.14. The molecule has 3 rings (SSSR count). The first-order valence-corrected chi connectivity index (χ1v) is 8.55. The Bertz CT molecular complexity index is 971. The van der Waals surface area contributed by atoms with E-state index in [0.717, 1.165) is 21.3 Å². The Hall–Kier alpha value is -3.24. The molecule has 0 saturated carbocycles. The van der Waals surface area contributed by atoms with Gasteiger partial charge < -0.3 is 5.32 Å². The Morgan fingerprint density at radius 1 is 1.27 bits per heavy atom. The Labute approximate surface area is 158 Å². The van der Waals surface area contributed by atoms with Crippen molar-refractivity contribution in [2.24, 2.45) is 0 Å². The smallest absolute Gasteiger partial charge is 0.262 e. The summed E-state index contributed by atoms with van der Waals surface area (Å²) in [5, 5.41) is 19.0. The number of nitriles is 1. The van der Waals surface area contributed by atoms with Crippen LogP contribution in [0.2, 0.25) is 0 Å². The number of amides is 1. The van der Waals surface area contributed by atoms with Crippen LogP contribution in [0.3, 0.4) is 0 Å². The van der Waals surface area contributed by atoms with Gasteiger partial charge in [-0.05, 0) is 29.8 Å². The van der Waals surface area contributed by atoms with Crippen LogP contribution in [0.25, 0.3) is 17.3 Å². The van der Waals surface area contributed by atoms with E-state index >= 15 is 0 Å². The highest BCUT2D eigenvalue weighted by Gasteiger charge is 2.12. The molecule has 26 heavy (non-hydrogen) atoms. The van der Waals surface area contributed by atoms with Crippen molar-refractivity contribution in [3.63, 3.8) is 0 Å². The van der Waals surface area contributed by atoms with E-state index in [1.807, 2.05) is 36.4 Å². The highest BCUT2D eigenvalue weighted by atomic mass is 79.9. The number of aromatic amines is 1. The third kappa shape index (κ3) is 4.23. The van der Waals surface area contributed by atoms with E-state index in [1.54, 1.807) is 24.7 Å². The number of aromatic nitrogens is 3. The summed E-state index contributed by atoms with van der Waals surface area (Å²) >= 11 is 3.40. The number of nitrogens with one attached hydrogen (secondary N) is 2. The number of carbonyl (C=O) groups excluding carboxylic acids is 1. The SMILES string of the molecule is N#CC(=Cc1cn[nH]c1-c1ccc(Br)cc1)C(=O)NCc1cccnc1. The van der Waals surface area contributed by atoms with Crippen LogP contribution in [-0.2, 0) is 11.3 Å². The van der Waals surface area contributed by atoms with Crippen LogP contribution in [0.15, 0.2) is 65.0 Å². The summed E-state index contributed by atoms with van der Waals surface area (Å²) in [4.78, 5) is 16.3. The number of benzene rings is 1. The third-order valence-electron chi connectivity index (χ3n) is 3.64. The van der Waals surface area contributed by atoms with Gasteiger partial charge in [-0.25, -0.2) is 0 Å². The van der Waals surface area contributed by atoms with Crippen molar-refractivity contribution in [2.45, 2.75) is 6.54 Å². The first-order chi connectivity index (χ1) is 12.7. The van der Waals surface area contributed by atoms with Gasteiger partial charge in [0.25, 0.3) is 5.91 Å². The van der Waals surface area contributed by atoms with Crippen LogP contribution >= 0.6 is 15.9 Å². The normalized spacial score (nSPS) is 11.0. The molecule has 6 nitrogen and oxygen atoms in total. The molecular formula is C19H14BrN5O. The molecule has 1 aromatic carbocycles. The maximum absolute atomic E-state index is 12.3. The van der Waals surface area contributed by atoms with Crippen LogP contribution in [0.4, 0.5) is 0 Å². The summed E-state index contributed by atoms with van der Waals surface area (Å²) in [5.74, 6) is -0.445. The molecule has 0 bridgehead atoms. The lowest BCUT2D eigenvalue weighted by atomic mass is 10.1. The van der Waals surface area contributed by atoms with Gasteiger partial charge in [-0.3, -0.25) is 14.9 Å². The van der Waals surface area contributed by atoms with E-state index in [4.69, 9.17) is 0 Å². The van der Waals surface area contributed by atoms with E-state index in [9.17, 15) is 10.1 Å². The topological polar surface area (TPSA) is 94.5 Å². The largest absolute Gasteiger partial charge is 0.347 e. The third-order valence-corrected chi connectivity index (χ3v) is 4.17. The molecule has 0 saturated heterocycles. The maximum atomic E-state index is 12.3. The summed E-state index contributed by atoms with van der Waals surface area (Å²) in [6, 6.07) is 13.3. The predicted molar refractivity (Wildman–Crippen MR) is 101 cm³/mol. The number of pyridine rings is 1. The maximum Gasteiger partial charge on any atom is 0.262 e. The van der Waals surface area contributed by atoms with Gasteiger partial charge in [-0.15, -0.1) is 0 Å². The van der Waals surface area contributed by atoms with E-state index in [2.05, 4.69) is 36.4 Å². The molecule has 0 aliphatic rings. The Morgan fingerprint density at radius 3 is 2.77 bits per heavy atom. The van der Waals surface area contributed by atoms with Gasteiger partial charge in [0, 0.05) is 34.5 Å². The van der Waals surface area contributed by atoms with Crippen molar-refractivity contribution in [1.29, 1.82) is 5.26 Å². The molecule has 2 N–H and O–H groups in total. The zero-order valence-electron chi connectivity index (χ0n) is 13.6. The fourth-order valence-electron chi connectivity index (χ4n) is 2.34. The lowest BCUT2D eigenvalue weighted by Crippen LogP contribution is -2.24. The molecular weight excluding hydrogens is 394 g/mol. The molecule has 3 aromatic rings. The van der Waals surface area contributed by atoms with Crippen LogP contribution in [-0.4, -0.2) is 21.1 Å². The molecule has 0 aliphatic carbocycles. The van der Waals surface area contributed by atoms with Gasteiger partial charge in [0.05, 0.1) is 11.9 Å². The van der Waals surface area contributed by atoms with E-state index in [1.165, 1.54) is 6.08 Å². The van der Waals surface area contributed by atoms with Gasteiger partial charge in [-0.1, -0.05) is 34.1 Å². The fraction of sp³-hybridized carbons (Fsp3) is 0.0526. The summed E-state index contributed by atoms with van der Waals surface area (Å²) in [6.07, 6.45) is 6.44. The monoisotopic (exact) mass is 407 g/mol. The van der Waals surface area contributed by atoms with Gasteiger partial charge in [0.2, 0.25) is 0 Å². The molecule has 0 spiro atoms. The lowest BCUT2D eigenvalue weighted by molar-refractivity contribution is -0.117. The lowest BCUT2D eigenvalue weighted by Gasteiger charge is -2.04. The van der Waals surface area contributed by atoms with E-state index < -0.39 is 5.91 Å². The molecule has 0 aliphatic heterocycles. The second kappa shape index (κ2) is 8.23. The predicted octanol–water partition coefficient (Wildman–Crippen LogP) is 3.46. The number of hydrogen-bond donors (Lipinski definition) is 2. The molecule has 0 radical (unpaired) electrons. The molecule has 7 heteroatoms. The van der Waals surface area contributed by atoms with Crippen molar-refractivity contribution >= 4 is 27.9 Å². The molecule has 0 unspecified atom stereocenters. The van der Waals surface area contributed by atoms with Gasteiger partial charge in [0.1, 0.15) is 11.6 Å². The van der Waals surface area contributed by atoms with Crippen LogP contribution in [0.1, 0.15) is 11.1 Å².